The van der Waals surface area contributed by atoms with E-state index in [0.717, 1.165) is 28.0 Å². The molecule has 0 saturated heterocycles. The zero-order valence-corrected chi connectivity index (χ0v) is 20.8. The molecule has 3 heteroatoms. The van der Waals surface area contributed by atoms with Crippen molar-refractivity contribution < 1.29 is 0 Å². The van der Waals surface area contributed by atoms with Gasteiger partial charge in [-0.1, -0.05) is 97.6 Å². The molecule has 0 amide bonds. The Morgan fingerprint density at radius 2 is 1.69 bits per heavy atom. The van der Waals surface area contributed by atoms with Crippen LogP contribution in [0.4, 0.5) is 0 Å². The van der Waals surface area contributed by atoms with Gasteiger partial charge in [-0.2, -0.15) is 0 Å². The number of allylic oxidation sites excluding steroid dienone is 5. The van der Waals surface area contributed by atoms with E-state index in [1.807, 2.05) is 37.4 Å². The average molecular weight is 470 g/mol. The van der Waals surface area contributed by atoms with Crippen molar-refractivity contribution in [1.29, 1.82) is 0 Å². The zero-order chi connectivity index (χ0) is 25.1. The highest BCUT2D eigenvalue weighted by Gasteiger charge is 2.46. The Morgan fingerprint density at radius 1 is 0.972 bits per heavy atom. The van der Waals surface area contributed by atoms with Crippen molar-refractivity contribution in [2.45, 2.75) is 25.4 Å². The first-order valence-electron chi connectivity index (χ1n) is 12.3. The molecule has 3 nitrogen and oxygen atoms in total. The molecule has 0 aliphatic heterocycles. The largest absolute Gasteiger partial charge is 0.367 e. The van der Waals surface area contributed by atoms with Crippen LogP contribution in [0.1, 0.15) is 53.4 Å². The van der Waals surface area contributed by atoms with Gasteiger partial charge in [0.1, 0.15) is 6.17 Å². The summed E-state index contributed by atoms with van der Waals surface area (Å²) in [5, 5.41) is 0. The summed E-state index contributed by atoms with van der Waals surface area (Å²) in [4.78, 5) is 8.11. The number of nitrogens with zero attached hydrogens (tertiary/aromatic N) is 1. The van der Waals surface area contributed by atoms with Crippen LogP contribution in [-0.4, -0.2) is 10.7 Å². The molecule has 0 fully saturated rings. The third-order valence-corrected chi connectivity index (χ3v) is 7.07. The molecule has 0 spiro atoms. The summed E-state index contributed by atoms with van der Waals surface area (Å²) in [5.41, 5.74) is 16.2. The number of aromatic nitrogens is 1. The van der Waals surface area contributed by atoms with Crippen LogP contribution in [0.15, 0.2) is 133 Å². The summed E-state index contributed by atoms with van der Waals surface area (Å²) in [6.07, 6.45) is 9.91. The van der Waals surface area contributed by atoms with E-state index in [-0.39, 0.29) is 0 Å². The van der Waals surface area contributed by atoms with Gasteiger partial charge in [-0.15, -0.1) is 0 Å². The number of rotatable bonds is 7. The van der Waals surface area contributed by atoms with E-state index in [9.17, 15) is 0 Å². The Morgan fingerprint density at radius 3 is 2.33 bits per heavy atom. The van der Waals surface area contributed by atoms with Crippen molar-refractivity contribution in [2.24, 2.45) is 10.7 Å². The summed E-state index contributed by atoms with van der Waals surface area (Å²) in [5.74, 6) is 0. The van der Waals surface area contributed by atoms with Crippen LogP contribution >= 0.6 is 0 Å². The van der Waals surface area contributed by atoms with Crippen LogP contribution in [0, 0.1) is 0 Å². The highest BCUT2D eigenvalue weighted by atomic mass is 14.9. The number of hydrogen-bond donors (Lipinski definition) is 2. The number of fused-ring (bicyclic) bond motifs is 1. The van der Waals surface area contributed by atoms with Crippen molar-refractivity contribution in [2.75, 3.05) is 0 Å². The van der Waals surface area contributed by atoms with Crippen LogP contribution in [0.3, 0.4) is 0 Å². The number of benzene rings is 3. The molecule has 1 aliphatic rings. The number of nitrogens with one attached hydrogen (secondary N) is 1. The first kappa shape index (κ1) is 23.5. The Balaban J connectivity index is 1.72. The van der Waals surface area contributed by atoms with E-state index in [0.29, 0.717) is 0 Å². The number of nitrogens with two attached hydrogens (primary N) is 1. The Kier molecular flexibility index (Phi) is 6.41. The molecule has 36 heavy (non-hydrogen) atoms. The van der Waals surface area contributed by atoms with Gasteiger partial charge in [0, 0.05) is 18.1 Å². The van der Waals surface area contributed by atoms with Gasteiger partial charge in [0.05, 0.1) is 5.41 Å². The molecule has 0 radical (unpaired) electrons. The predicted octanol–water partition coefficient (Wildman–Crippen LogP) is 7.34. The molecule has 3 aromatic carbocycles. The second-order valence-electron chi connectivity index (χ2n) is 9.08. The van der Waals surface area contributed by atoms with E-state index in [4.69, 9.17) is 10.7 Å². The lowest BCUT2D eigenvalue weighted by atomic mass is 9.67. The topological polar surface area (TPSA) is 54.2 Å². The monoisotopic (exact) mass is 469 g/mol. The Hall–Kier alpha value is -4.21. The van der Waals surface area contributed by atoms with E-state index in [1.54, 1.807) is 0 Å². The fourth-order valence-electron chi connectivity index (χ4n) is 5.46. The van der Waals surface area contributed by atoms with Gasteiger partial charge in [0.15, 0.2) is 0 Å². The maximum atomic E-state index is 6.63. The summed E-state index contributed by atoms with van der Waals surface area (Å²) in [7, 11) is 0. The van der Waals surface area contributed by atoms with Gasteiger partial charge < -0.3 is 10.7 Å². The smallest absolute Gasteiger partial charge is 0.123 e. The minimum absolute atomic E-state index is 0.460. The lowest BCUT2D eigenvalue weighted by Gasteiger charge is -2.34. The fraction of sp³-hybridized carbons (Fsp3) is 0.121. The maximum absolute atomic E-state index is 6.63. The maximum Gasteiger partial charge on any atom is 0.123 e. The molecule has 2 atom stereocenters. The van der Waals surface area contributed by atoms with Crippen LogP contribution in [0.5, 0.6) is 0 Å². The summed E-state index contributed by atoms with van der Waals surface area (Å²) in [6.45, 7) is 8.29. The minimum Gasteiger partial charge on any atom is -0.367 e. The molecule has 1 heterocycles. The average Bonchev–Trinajstić information content (AvgIpc) is 3.55. The third kappa shape index (κ3) is 3.78. The summed E-state index contributed by atoms with van der Waals surface area (Å²) in [6, 6.07) is 29.5. The standard InChI is InChI=1S/C33H31N3/c1-4-12-30-28(5-2)29-21-25(32(34)36-23(3)24-13-8-6-9-14-24)17-18-31(29)33(30,27-19-20-35-22-27)26-15-10-7-11-16-26/h4-22,32,35H,2,34H2,1,3H3/b12-4-,36-23+. The Labute approximate surface area is 213 Å². The van der Waals surface area contributed by atoms with Crippen molar-refractivity contribution in [3.05, 3.63) is 161 Å². The van der Waals surface area contributed by atoms with Crippen molar-refractivity contribution >= 4 is 11.3 Å². The van der Waals surface area contributed by atoms with E-state index < -0.39 is 11.6 Å². The highest BCUT2D eigenvalue weighted by Crippen LogP contribution is 2.55. The van der Waals surface area contributed by atoms with Gasteiger partial charge in [-0.25, -0.2) is 0 Å². The van der Waals surface area contributed by atoms with Gasteiger partial charge >= 0.3 is 0 Å². The summed E-state index contributed by atoms with van der Waals surface area (Å²) < 4.78 is 0. The van der Waals surface area contributed by atoms with Gasteiger partial charge in [0.25, 0.3) is 0 Å². The van der Waals surface area contributed by atoms with E-state index in [2.05, 4.69) is 104 Å². The van der Waals surface area contributed by atoms with Crippen LogP contribution in [-0.2, 0) is 5.41 Å². The van der Waals surface area contributed by atoms with Gasteiger partial charge in [-0.3, -0.25) is 4.99 Å². The van der Waals surface area contributed by atoms with E-state index >= 15 is 0 Å². The second-order valence-corrected chi connectivity index (χ2v) is 9.08. The van der Waals surface area contributed by atoms with Crippen LogP contribution < -0.4 is 5.73 Å². The molecule has 0 bridgehead atoms. The van der Waals surface area contributed by atoms with Gasteiger partial charge in [-0.05, 0) is 70.5 Å². The van der Waals surface area contributed by atoms with Crippen molar-refractivity contribution in [3.8, 4) is 0 Å². The lowest BCUT2D eigenvalue weighted by Crippen LogP contribution is -2.29. The first-order valence-corrected chi connectivity index (χ1v) is 12.3. The molecule has 0 saturated carbocycles. The summed E-state index contributed by atoms with van der Waals surface area (Å²) >= 11 is 0. The zero-order valence-electron chi connectivity index (χ0n) is 20.8. The molecule has 2 unspecified atom stereocenters. The number of hydrogen-bond acceptors (Lipinski definition) is 2. The molecule has 4 aromatic rings. The molecule has 1 aliphatic carbocycles. The molecular formula is C33H31N3. The van der Waals surface area contributed by atoms with Crippen molar-refractivity contribution in [1.82, 2.24) is 4.98 Å². The van der Waals surface area contributed by atoms with Crippen LogP contribution in [0.25, 0.3) is 5.57 Å². The second kappa shape index (κ2) is 9.80. The quantitative estimate of drug-likeness (QED) is 0.273. The fourth-order valence-corrected chi connectivity index (χ4v) is 5.46. The SMILES string of the molecule is C=CC1=C(/C=C\C)C(c2ccccc2)(c2cc[nH]c2)c2ccc(C(N)/N=C(\C)c3ccccc3)cc21. The van der Waals surface area contributed by atoms with E-state index in [1.165, 1.54) is 22.3 Å². The minimum atomic E-state index is -0.467. The molecular weight excluding hydrogens is 438 g/mol. The molecule has 3 N–H and O–H groups in total. The normalized spacial score (nSPS) is 18.5. The molecule has 5 rings (SSSR count). The van der Waals surface area contributed by atoms with Crippen LogP contribution in [0.2, 0.25) is 0 Å². The number of aliphatic imine (C=N–C) groups is 1. The first-order chi connectivity index (χ1) is 17.6. The highest BCUT2D eigenvalue weighted by molar-refractivity contribution is 5.98. The number of H-pyrrole nitrogens is 1. The Bertz CT molecular complexity index is 1460. The predicted molar refractivity (Wildman–Crippen MR) is 151 cm³/mol. The molecule has 1 aromatic heterocycles. The molecule has 178 valence electrons. The lowest BCUT2D eigenvalue weighted by molar-refractivity contribution is 0.752. The third-order valence-electron chi connectivity index (χ3n) is 7.07. The van der Waals surface area contributed by atoms with Gasteiger partial charge in [0.2, 0.25) is 0 Å². The van der Waals surface area contributed by atoms with Crippen molar-refractivity contribution in [3.63, 3.8) is 0 Å². The number of aromatic amines is 1.